The van der Waals surface area contributed by atoms with Gasteiger partial charge in [-0.15, -0.1) is 0 Å². The Morgan fingerprint density at radius 1 is 1.21 bits per heavy atom. The van der Waals surface area contributed by atoms with E-state index in [-0.39, 0.29) is 12.0 Å². The van der Waals surface area contributed by atoms with Crippen LogP contribution in [0.1, 0.15) is 25.0 Å². The van der Waals surface area contributed by atoms with E-state index >= 15 is 0 Å². The molecule has 6 heteroatoms. The van der Waals surface area contributed by atoms with Gasteiger partial charge in [0.15, 0.2) is 0 Å². The number of hydrogen-bond acceptors (Lipinski definition) is 4. The van der Waals surface area contributed by atoms with Crippen LogP contribution < -0.4 is 0 Å². The van der Waals surface area contributed by atoms with Gasteiger partial charge in [0.25, 0.3) is 0 Å². The minimum atomic E-state index is -3.51. The summed E-state index contributed by atoms with van der Waals surface area (Å²) in [5, 5.41) is 0. The molecule has 136 valence electrons. The third kappa shape index (κ3) is 4.17. The van der Waals surface area contributed by atoms with Crippen molar-refractivity contribution in [2.45, 2.75) is 38.6 Å². The Kier molecular flexibility index (Phi) is 6.42. The molecule has 0 radical (unpaired) electrons. The van der Waals surface area contributed by atoms with Crippen LogP contribution >= 0.6 is 0 Å². The summed E-state index contributed by atoms with van der Waals surface area (Å²) in [6, 6.07) is 5.41. The number of benzene rings is 1. The van der Waals surface area contributed by atoms with Crippen molar-refractivity contribution in [3.8, 4) is 0 Å². The number of aryl methyl sites for hydroxylation is 1. The van der Waals surface area contributed by atoms with E-state index in [1.165, 1.54) is 0 Å². The second-order valence-electron chi connectivity index (χ2n) is 6.94. The number of likely N-dealkylation sites (N-methyl/N-ethyl adjacent to an activating group) is 1. The third-order valence-corrected chi connectivity index (χ3v) is 7.02. The minimum absolute atomic E-state index is 0.0620. The van der Waals surface area contributed by atoms with E-state index in [9.17, 15) is 8.42 Å². The van der Waals surface area contributed by atoms with Gasteiger partial charge in [-0.2, -0.15) is 4.31 Å². The second kappa shape index (κ2) is 7.95. The summed E-state index contributed by atoms with van der Waals surface area (Å²) in [5.74, 6) is 0.234. The maximum Gasteiger partial charge on any atom is 0.243 e. The van der Waals surface area contributed by atoms with Gasteiger partial charge in [-0.1, -0.05) is 26.0 Å². The quantitative estimate of drug-likeness (QED) is 0.786. The fourth-order valence-corrected chi connectivity index (χ4v) is 4.91. The summed E-state index contributed by atoms with van der Waals surface area (Å²) < 4.78 is 33.3. The van der Waals surface area contributed by atoms with Crippen LogP contribution in [-0.4, -0.2) is 63.6 Å². The molecular weight excluding hydrogens is 324 g/mol. The summed E-state index contributed by atoms with van der Waals surface area (Å²) in [7, 11) is -1.80. The zero-order valence-electron chi connectivity index (χ0n) is 15.4. The molecule has 1 aliphatic heterocycles. The van der Waals surface area contributed by atoms with Gasteiger partial charge in [0.2, 0.25) is 10.0 Å². The molecular formula is C18H30N2O3S. The molecule has 0 bridgehead atoms. The predicted molar refractivity (Wildman–Crippen MR) is 96.7 cm³/mol. The van der Waals surface area contributed by atoms with Gasteiger partial charge in [0.1, 0.15) is 0 Å². The van der Waals surface area contributed by atoms with Crippen LogP contribution in [0.5, 0.6) is 0 Å². The van der Waals surface area contributed by atoms with Gasteiger partial charge in [-0.25, -0.2) is 8.42 Å². The van der Waals surface area contributed by atoms with Gasteiger partial charge < -0.3 is 4.74 Å². The van der Waals surface area contributed by atoms with Crippen LogP contribution in [0, 0.1) is 19.8 Å². The maximum absolute atomic E-state index is 13.2. The van der Waals surface area contributed by atoms with Crippen molar-refractivity contribution in [1.82, 2.24) is 9.21 Å². The molecule has 1 aromatic rings. The normalized spacial score (nSPS) is 18.3. The Hall–Kier alpha value is -0.950. The number of nitrogens with zero attached hydrogens (tertiary/aromatic N) is 2. The van der Waals surface area contributed by atoms with E-state index in [0.29, 0.717) is 4.90 Å². The Morgan fingerprint density at radius 2 is 1.83 bits per heavy atom. The fraction of sp³-hybridized carbons (Fsp3) is 0.667. The number of hydrogen-bond donors (Lipinski definition) is 0. The molecule has 0 N–H and O–H groups in total. The van der Waals surface area contributed by atoms with E-state index < -0.39 is 10.0 Å². The highest BCUT2D eigenvalue weighted by Crippen LogP contribution is 2.25. The lowest BCUT2D eigenvalue weighted by Crippen LogP contribution is -2.50. The lowest BCUT2D eigenvalue weighted by Gasteiger charge is -2.36. The van der Waals surface area contributed by atoms with Crippen molar-refractivity contribution in [2.24, 2.45) is 5.92 Å². The third-order valence-electron chi connectivity index (χ3n) is 5.00. The molecule has 1 aromatic carbocycles. The minimum Gasteiger partial charge on any atom is -0.379 e. The first-order valence-corrected chi connectivity index (χ1v) is 10.0. The van der Waals surface area contributed by atoms with Crippen LogP contribution in [0.3, 0.4) is 0 Å². The highest BCUT2D eigenvalue weighted by Gasteiger charge is 2.32. The van der Waals surface area contributed by atoms with Crippen LogP contribution in [0.2, 0.25) is 0 Å². The zero-order chi connectivity index (χ0) is 17.9. The second-order valence-corrected chi connectivity index (χ2v) is 8.91. The maximum atomic E-state index is 13.2. The molecule has 24 heavy (non-hydrogen) atoms. The standard InChI is InChI=1S/C18H30N2O3S/c1-14(2)17(13-20-9-11-23-12-10-20)19(5)24(21,22)18-8-6-7-15(3)16(18)4/h6-8,14,17H,9-13H2,1-5H3. The summed E-state index contributed by atoms with van der Waals surface area (Å²) in [6.45, 7) is 11.9. The average Bonchev–Trinajstić information content (AvgIpc) is 2.55. The molecule has 2 rings (SSSR count). The van der Waals surface area contributed by atoms with Gasteiger partial charge in [0.05, 0.1) is 18.1 Å². The van der Waals surface area contributed by atoms with Crippen LogP contribution in [0.4, 0.5) is 0 Å². The Balaban J connectivity index is 2.27. The smallest absolute Gasteiger partial charge is 0.243 e. The van der Waals surface area contributed by atoms with Gasteiger partial charge >= 0.3 is 0 Å². The molecule has 1 aliphatic rings. The van der Waals surface area contributed by atoms with Crippen molar-refractivity contribution in [2.75, 3.05) is 39.9 Å². The number of sulfonamides is 1. The number of rotatable bonds is 6. The highest BCUT2D eigenvalue weighted by molar-refractivity contribution is 7.89. The molecule has 1 heterocycles. The van der Waals surface area contributed by atoms with Crippen LogP contribution in [-0.2, 0) is 14.8 Å². The van der Waals surface area contributed by atoms with E-state index in [4.69, 9.17) is 4.74 Å². The van der Waals surface area contributed by atoms with Crippen LogP contribution in [0.25, 0.3) is 0 Å². The first kappa shape index (κ1) is 19.4. The molecule has 0 spiro atoms. The van der Waals surface area contributed by atoms with Crippen molar-refractivity contribution < 1.29 is 13.2 Å². The van der Waals surface area contributed by atoms with Gasteiger partial charge in [0, 0.05) is 32.7 Å². The van der Waals surface area contributed by atoms with Crippen molar-refractivity contribution in [3.63, 3.8) is 0 Å². The molecule has 0 aromatic heterocycles. The van der Waals surface area contributed by atoms with E-state index in [2.05, 4.69) is 18.7 Å². The fourth-order valence-electron chi connectivity index (χ4n) is 3.13. The SMILES string of the molecule is Cc1cccc(S(=O)(=O)N(C)C(CN2CCOCC2)C(C)C)c1C. The Morgan fingerprint density at radius 3 is 2.42 bits per heavy atom. The van der Waals surface area contributed by atoms with Crippen molar-refractivity contribution in [1.29, 1.82) is 0 Å². The molecule has 1 fully saturated rings. The zero-order valence-corrected chi connectivity index (χ0v) is 16.3. The largest absolute Gasteiger partial charge is 0.379 e. The first-order valence-electron chi connectivity index (χ1n) is 8.59. The number of ether oxygens (including phenoxy) is 1. The summed E-state index contributed by atoms with van der Waals surface area (Å²) >= 11 is 0. The monoisotopic (exact) mass is 354 g/mol. The molecule has 0 saturated carbocycles. The highest BCUT2D eigenvalue weighted by atomic mass is 32.2. The summed E-state index contributed by atoms with van der Waals surface area (Å²) in [6.07, 6.45) is 0. The topological polar surface area (TPSA) is 49.9 Å². The van der Waals surface area contributed by atoms with Crippen molar-refractivity contribution in [3.05, 3.63) is 29.3 Å². The lowest BCUT2D eigenvalue weighted by molar-refractivity contribution is 0.0265. The molecule has 1 saturated heterocycles. The molecule has 0 amide bonds. The molecule has 1 unspecified atom stereocenters. The van der Waals surface area contributed by atoms with Crippen molar-refractivity contribution >= 4 is 10.0 Å². The van der Waals surface area contributed by atoms with E-state index in [1.54, 1.807) is 17.4 Å². The lowest BCUT2D eigenvalue weighted by atomic mass is 10.0. The van der Waals surface area contributed by atoms with E-state index in [0.717, 1.165) is 44.0 Å². The molecule has 0 aliphatic carbocycles. The Bertz CT molecular complexity index is 652. The first-order chi connectivity index (χ1) is 11.2. The summed E-state index contributed by atoms with van der Waals surface area (Å²) in [5.41, 5.74) is 1.83. The average molecular weight is 355 g/mol. The molecule has 5 nitrogen and oxygen atoms in total. The summed E-state index contributed by atoms with van der Waals surface area (Å²) in [4.78, 5) is 2.71. The predicted octanol–water partition coefficient (Wildman–Crippen LogP) is 2.28. The van der Waals surface area contributed by atoms with Gasteiger partial charge in [-0.05, 0) is 37.0 Å². The Labute approximate surface area is 146 Å². The van der Waals surface area contributed by atoms with Gasteiger partial charge in [-0.3, -0.25) is 4.90 Å². The number of morpholine rings is 1. The molecule has 1 atom stereocenters. The van der Waals surface area contributed by atoms with E-state index in [1.807, 2.05) is 26.0 Å². The van der Waals surface area contributed by atoms with Crippen LogP contribution in [0.15, 0.2) is 23.1 Å².